The number of hydrogen-bond donors (Lipinski definition) is 0. The number of ether oxygens (including phenoxy) is 2. The highest BCUT2D eigenvalue weighted by atomic mass is 16.5. The number of morpholine rings is 1. The number of nitrogens with zero attached hydrogens (tertiary/aromatic N) is 4. The molecule has 3 heterocycles. The molecule has 1 aromatic carbocycles. The van der Waals surface area contributed by atoms with E-state index in [0.29, 0.717) is 70.4 Å². The molecule has 33 heavy (non-hydrogen) atoms. The summed E-state index contributed by atoms with van der Waals surface area (Å²) in [6, 6.07) is 6.97. The van der Waals surface area contributed by atoms with E-state index in [4.69, 9.17) is 14.0 Å². The molecule has 2 aliphatic heterocycles. The van der Waals surface area contributed by atoms with Crippen molar-refractivity contribution in [3.05, 3.63) is 46.8 Å². The minimum atomic E-state index is -0.510. The van der Waals surface area contributed by atoms with Crippen LogP contribution >= 0.6 is 0 Å². The van der Waals surface area contributed by atoms with E-state index in [2.05, 4.69) is 5.16 Å². The van der Waals surface area contributed by atoms with E-state index in [-0.39, 0.29) is 5.91 Å². The van der Waals surface area contributed by atoms with Gasteiger partial charge < -0.3 is 28.7 Å². The van der Waals surface area contributed by atoms with E-state index in [1.54, 1.807) is 29.2 Å². The van der Waals surface area contributed by atoms with Crippen LogP contribution in [0.4, 0.5) is 0 Å². The monoisotopic (exact) mass is 456 g/mol. The summed E-state index contributed by atoms with van der Waals surface area (Å²) >= 11 is 0. The van der Waals surface area contributed by atoms with Gasteiger partial charge in [0.2, 0.25) is 0 Å². The summed E-state index contributed by atoms with van der Waals surface area (Å²) in [6.45, 7) is 7.23. The molecular weight excluding hydrogens is 428 g/mol. The molecule has 2 aromatic rings. The zero-order valence-corrected chi connectivity index (χ0v) is 18.9. The topological polar surface area (TPSA) is 105 Å². The lowest BCUT2D eigenvalue weighted by atomic mass is 10.1. The number of aryl methyl sites for hydroxylation is 2. The first-order chi connectivity index (χ1) is 15.9. The van der Waals surface area contributed by atoms with Crippen LogP contribution in [0.2, 0.25) is 0 Å². The van der Waals surface area contributed by atoms with Gasteiger partial charge in [0.25, 0.3) is 5.91 Å². The molecule has 2 aliphatic rings. The van der Waals surface area contributed by atoms with Gasteiger partial charge in [-0.05, 0) is 38.1 Å². The molecule has 4 rings (SSSR count). The highest BCUT2D eigenvalue weighted by Gasteiger charge is 2.31. The van der Waals surface area contributed by atoms with Gasteiger partial charge >= 0.3 is 11.8 Å². The Morgan fingerprint density at radius 2 is 1.45 bits per heavy atom. The number of carbonyl (C=O) groups excluding carboxylic acids is 3. The molecule has 2 saturated heterocycles. The van der Waals surface area contributed by atoms with Crippen LogP contribution in [-0.4, -0.2) is 90.1 Å². The second-order valence-corrected chi connectivity index (χ2v) is 8.10. The van der Waals surface area contributed by atoms with Gasteiger partial charge in [0.05, 0.1) is 24.5 Å². The van der Waals surface area contributed by atoms with Crippen molar-refractivity contribution in [3.8, 4) is 5.75 Å². The van der Waals surface area contributed by atoms with Crippen molar-refractivity contribution >= 4 is 17.7 Å². The summed E-state index contributed by atoms with van der Waals surface area (Å²) in [5.41, 5.74) is 2.25. The third kappa shape index (κ3) is 5.16. The third-order valence-electron chi connectivity index (χ3n) is 6.00. The number of carbonyl (C=O) groups is 3. The predicted molar refractivity (Wildman–Crippen MR) is 117 cm³/mol. The Bertz CT molecular complexity index is 985. The maximum Gasteiger partial charge on any atom is 0.312 e. The van der Waals surface area contributed by atoms with E-state index < -0.39 is 11.8 Å². The Morgan fingerprint density at radius 1 is 0.879 bits per heavy atom. The van der Waals surface area contributed by atoms with Crippen molar-refractivity contribution in [2.45, 2.75) is 20.5 Å². The van der Waals surface area contributed by atoms with Crippen LogP contribution in [0.5, 0.6) is 5.75 Å². The molecule has 10 heteroatoms. The number of piperazine rings is 1. The second-order valence-electron chi connectivity index (χ2n) is 8.10. The van der Waals surface area contributed by atoms with E-state index in [1.807, 2.05) is 13.8 Å². The van der Waals surface area contributed by atoms with E-state index in [9.17, 15) is 14.4 Å². The zero-order chi connectivity index (χ0) is 23.4. The third-order valence-corrected chi connectivity index (χ3v) is 6.00. The molecule has 3 amide bonds. The van der Waals surface area contributed by atoms with Gasteiger partial charge in [-0.1, -0.05) is 5.16 Å². The minimum absolute atomic E-state index is 0.112. The van der Waals surface area contributed by atoms with Crippen molar-refractivity contribution in [2.24, 2.45) is 0 Å². The molecule has 0 spiro atoms. The molecule has 2 fully saturated rings. The summed E-state index contributed by atoms with van der Waals surface area (Å²) in [5.74, 6) is 0.250. The molecule has 0 bridgehead atoms. The summed E-state index contributed by atoms with van der Waals surface area (Å²) in [6.07, 6.45) is 0. The van der Waals surface area contributed by atoms with Gasteiger partial charge in [-0.3, -0.25) is 14.4 Å². The second kappa shape index (κ2) is 10.0. The quantitative estimate of drug-likeness (QED) is 0.633. The largest absolute Gasteiger partial charge is 0.489 e. The van der Waals surface area contributed by atoms with Crippen LogP contribution < -0.4 is 4.74 Å². The average molecular weight is 456 g/mol. The molecule has 0 unspecified atom stereocenters. The van der Waals surface area contributed by atoms with E-state index in [1.165, 1.54) is 9.80 Å². The Hall–Kier alpha value is -3.40. The minimum Gasteiger partial charge on any atom is -0.489 e. The summed E-state index contributed by atoms with van der Waals surface area (Å²) in [7, 11) is 0. The van der Waals surface area contributed by atoms with Gasteiger partial charge in [-0.2, -0.15) is 0 Å². The maximum absolute atomic E-state index is 12.9. The Kier molecular flexibility index (Phi) is 6.93. The Morgan fingerprint density at radius 3 is 2.03 bits per heavy atom. The first-order valence-corrected chi connectivity index (χ1v) is 11.0. The highest BCUT2D eigenvalue weighted by molar-refractivity contribution is 6.34. The standard InChI is InChI=1S/C23H28N4O6/c1-16-20(17(2)33-24-16)15-32-19-5-3-18(4-6-19)21(28)25-7-9-26(10-8-25)22(29)23(30)27-11-13-31-14-12-27/h3-6H,7-15H2,1-2H3. The van der Waals surface area contributed by atoms with Crippen LogP contribution in [-0.2, 0) is 20.9 Å². The highest BCUT2D eigenvalue weighted by Crippen LogP contribution is 2.19. The molecule has 176 valence electrons. The first-order valence-electron chi connectivity index (χ1n) is 11.0. The zero-order valence-electron chi connectivity index (χ0n) is 18.9. The molecule has 0 saturated carbocycles. The van der Waals surface area contributed by atoms with Crippen molar-refractivity contribution in [1.29, 1.82) is 0 Å². The number of rotatable bonds is 4. The van der Waals surface area contributed by atoms with Crippen molar-refractivity contribution in [1.82, 2.24) is 19.9 Å². The predicted octanol–water partition coefficient (Wildman–Crippen LogP) is 1.01. The molecular formula is C23H28N4O6. The van der Waals surface area contributed by atoms with Gasteiger partial charge in [0.15, 0.2) is 0 Å². The normalized spacial score (nSPS) is 16.6. The SMILES string of the molecule is Cc1noc(C)c1COc1ccc(C(=O)N2CCN(C(=O)C(=O)N3CCOCC3)CC2)cc1. The summed E-state index contributed by atoms with van der Waals surface area (Å²) in [5, 5.41) is 3.91. The number of hydrogen-bond acceptors (Lipinski definition) is 7. The van der Waals surface area contributed by atoms with Gasteiger partial charge in [0.1, 0.15) is 18.1 Å². The number of amides is 3. The van der Waals surface area contributed by atoms with Crippen molar-refractivity contribution < 1.29 is 28.4 Å². The molecule has 0 N–H and O–H groups in total. The fraction of sp³-hybridized carbons (Fsp3) is 0.478. The van der Waals surface area contributed by atoms with Crippen LogP contribution in [0.1, 0.15) is 27.4 Å². The fourth-order valence-electron chi connectivity index (χ4n) is 3.89. The molecule has 1 aromatic heterocycles. The van der Waals surface area contributed by atoms with E-state index >= 15 is 0 Å². The lowest BCUT2D eigenvalue weighted by molar-refractivity contribution is -0.154. The van der Waals surface area contributed by atoms with E-state index in [0.717, 1.165) is 17.0 Å². The maximum atomic E-state index is 12.9. The first kappa shape index (κ1) is 22.8. The van der Waals surface area contributed by atoms with Crippen LogP contribution in [0, 0.1) is 13.8 Å². The Balaban J connectivity index is 1.27. The molecule has 0 radical (unpaired) electrons. The smallest absolute Gasteiger partial charge is 0.312 e. The fourth-order valence-corrected chi connectivity index (χ4v) is 3.89. The molecule has 0 aliphatic carbocycles. The summed E-state index contributed by atoms with van der Waals surface area (Å²) in [4.78, 5) is 42.6. The molecule has 0 atom stereocenters. The lowest BCUT2D eigenvalue weighted by Crippen LogP contribution is -2.55. The molecule has 10 nitrogen and oxygen atoms in total. The van der Waals surface area contributed by atoms with Crippen LogP contribution in [0.25, 0.3) is 0 Å². The lowest BCUT2D eigenvalue weighted by Gasteiger charge is -2.35. The van der Waals surface area contributed by atoms with Crippen LogP contribution in [0.15, 0.2) is 28.8 Å². The summed E-state index contributed by atoms with van der Waals surface area (Å²) < 4.78 is 16.2. The average Bonchev–Trinajstić information content (AvgIpc) is 3.19. The van der Waals surface area contributed by atoms with Gasteiger partial charge in [-0.25, -0.2) is 0 Å². The van der Waals surface area contributed by atoms with Crippen molar-refractivity contribution in [3.63, 3.8) is 0 Å². The Labute approximate surface area is 192 Å². The number of aromatic nitrogens is 1. The van der Waals surface area contributed by atoms with Gasteiger partial charge in [-0.15, -0.1) is 0 Å². The van der Waals surface area contributed by atoms with Gasteiger partial charge in [0, 0.05) is 44.8 Å². The number of benzene rings is 1. The van der Waals surface area contributed by atoms with Crippen molar-refractivity contribution in [2.75, 3.05) is 52.5 Å². The van der Waals surface area contributed by atoms with Crippen LogP contribution in [0.3, 0.4) is 0 Å².